The molecule has 1 aromatic rings. The molecule has 3 heteroatoms. The number of benzene rings is 1. The Morgan fingerprint density at radius 1 is 1.47 bits per heavy atom. The summed E-state index contributed by atoms with van der Waals surface area (Å²) in [5.74, 6) is 0.617. The highest BCUT2D eigenvalue weighted by molar-refractivity contribution is 6.30. The van der Waals surface area contributed by atoms with E-state index in [0.717, 1.165) is 30.8 Å². The Bertz CT molecular complexity index is 369. The molecule has 0 saturated heterocycles. The van der Waals surface area contributed by atoms with Gasteiger partial charge in [0.25, 0.3) is 0 Å². The summed E-state index contributed by atoms with van der Waals surface area (Å²) in [4.78, 5) is 0. The number of aliphatic hydroxyl groups is 1. The van der Waals surface area contributed by atoms with Gasteiger partial charge in [0, 0.05) is 11.1 Å². The van der Waals surface area contributed by atoms with E-state index >= 15 is 0 Å². The number of hydrogen-bond donors (Lipinski definition) is 2. The van der Waals surface area contributed by atoms with Gasteiger partial charge in [0.05, 0.1) is 6.10 Å². The summed E-state index contributed by atoms with van der Waals surface area (Å²) in [6, 6.07) is 8.28. The van der Waals surface area contributed by atoms with Crippen molar-refractivity contribution in [3.8, 4) is 0 Å². The van der Waals surface area contributed by atoms with Gasteiger partial charge in [0.1, 0.15) is 0 Å². The zero-order valence-corrected chi connectivity index (χ0v) is 11.0. The first-order valence-electron chi connectivity index (χ1n) is 6.32. The predicted molar refractivity (Wildman–Crippen MR) is 71.2 cm³/mol. The molecular weight excluding hydrogens is 234 g/mol. The van der Waals surface area contributed by atoms with Crippen LogP contribution in [0.3, 0.4) is 0 Å². The van der Waals surface area contributed by atoms with Crippen LogP contribution in [0, 0.1) is 5.92 Å². The normalized spacial score (nSPS) is 26.1. The van der Waals surface area contributed by atoms with Crippen LogP contribution in [-0.2, 0) is 0 Å². The zero-order valence-electron chi connectivity index (χ0n) is 10.2. The van der Waals surface area contributed by atoms with Crippen LogP contribution in [-0.4, -0.2) is 17.8 Å². The van der Waals surface area contributed by atoms with E-state index in [0.29, 0.717) is 12.0 Å². The standard InChI is InChI=1S/C14H20ClNO/c1-10(12-3-2-4-13(15)8-12)16-9-11-5-6-14(17)7-11/h2-4,8,10-11,14,16-17H,5-7,9H2,1H3. The van der Waals surface area contributed by atoms with Crippen LogP contribution in [0.5, 0.6) is 0 Å². The zero-order chi connectivity index (χ0) is 12.3. The first kappa shape index (κ1) is 12.9. The molecule has 1 fully saturated rings. The van der Waals surface area contributed by atoms with Gasteiger partial charge >= 0.3 is 0 Å². The molecule has 1 aliphatic carbocycles. The second kappa shape index (κ2) is 5.85. The van der Waals surface area contributed by atoms with E-state index in [1.807, 2.05) is 18.2 Å². The van der Waals surface area contributed by atoms with E-state index < -0.39 is 0 Å². The summed E-state index contributed by atoms with van der Waals surface area (Å²) < 4.78 is 0. The maximum atomic E-state index is 9.47. The molecule has 3 atom stereocenters. The Balaban J connectivity index is 1.83. The Kier molecular flexibility index (Phi) is 4.43. The average molecular weight is 254 g/mol. The Labute approximate surface area is 108 Å². The fraction of sp³-hybridized carbons (Fsp3) is 0.571. The second-order valence-corrected chi connectivity index (χ2v) is 5.45. The third kappa shape index (κ3) is 3.70. The summed E-state index contributed by atoms with van der Waals surface area (Å²) >= 11 is 5.97. The minimum atomic E-state index is -0.0803. The summed E-state index contributed by atoms with van der Waals surface area (Å²) in [5, 5.41) is 13.8. The van der Waals surface area contributed by atoms with Crippen molar-refractivity contribution in [1.82, 2.24) is 5.32 Å². The van der Waals surface area contributed by atoms with Crippen molar-refractivity contribution in [2.45, 2.75) is 38.3 Å². The molecule has 0 heterocycles. The van der Waals surface area contributed by atoms with E-state index in [1.54, 1.807) is 0 Å². The van der Waals surface area contributed by atoms with Gasteiger partial charge < -0.3 is 10.4 Å². The maximum absolute atomic E-state index is 9.47. The first-order valence-corrected chi connectivity index (χ1v) is 6.70. The van der Waals surface area contributed by atoms with E-state index in [4.69, 9.17) is 11.6 Å². The van der Waals surface area contributed by atoms with Gasteiger partial charge in [-0.05, 0) is 56.3 Å². The van der Waals surface area contributed by atoms with Gasteiger partial charge in [-0.2, -0.15) is 0 Å². The minimum Gasteiger partial charge on any atom is -0.393 e. The molecule has 0 aliphatic heterocycles. The molecule has 1 saturated carbocycles. The van der Waals surface area contributed by atoms with Gasteiger partial charge in [0.15, 0.2) is 0 Å². The van der Waals surface area contributed by atoms with Gasteiger partial charge in [-0.15, -0.1) is 0 Å². The highest BCUT2D eigenvalue weighted by atomic mass is 35.5. The van der Waals surface area contributed by atoms with Crippen LogP contribution in [0.4, 0.5) is 0 Å². The fourth-order valence-electron chi connectivity index (χ4n) is 2.47. The van der Waals surface area contributed by atoms with Crippen LogP contribution >= 0.6 is 11.6 Å². The SMILES string of the molecule is CC(NCC1CCC(O)C1)c1cccc(Cl)c1. The molecule has 1 aromatic carbocycles. The summed E-state index contributed by atoms with van der Waals surface area (Å²) in [7, 11) is 0. The molecule has 2 nitrogen and oxygen atoms in total. The van der Waals surface area contributed by atoms with Gasteiger partial charge in [0.2, 0.25) is 0 Å². The van der Waals surface area contributed by atoms with Crippen molar-refractivity contribution >= 4 is 11.6 Å². The monoisotopic (exact) mass is 253 g/mol. The molecule has 0 aromatic heterocycles. The van der Waals surface area contributed by atoms with Crippen molar-refractivity contribution in [3.05, 3.63) is 34.9 Å². The van der Waals surface area contributed by atoms with E-state index in [1.165, 1.54) is 5.56 Å². The van der Waals surface area contributed by atoms with Crippen LogP contribution in [0.15, 0.2) is 24.3 Å². The fourth-order valence-corrected chi connectivity index (χ4v) is 2.67. The Hall–Kier alpha value is -0.570. The first-order chi connectivity index (χ1) is 8.15. The van der Waals surface area contributed by atoms with Gasteiger partial charge in [-0.25, -0.2) is 0 Å². The summed E-state index contributed by atoms with van der Waals surface area (Å²) in [6.45, 7) is 3.13. The molecule has 2 N–H and O–H groups in total. The number of halogens is 1. The van der Waals surface area contributed by atoms with E-state index in [-0.39, 0.29) is 6.10 Å². The summed E-state index contributed by atoms with van der Waals surface area (Å²) in [5.41, 5.74) is 1.22. The molecule has 0 radical (unpaired) electrons. The van der Waals surface area contributed by atoms with E-state index in [2.05, 4.69) is 18.3 Å². The number of rotatable bonds is 4. The Morgan fingerprint density at radius 3 is 2.94 bits per heavy atom. The van der Waals surface area contributed by atoms with Crippen molar-refractivity contribution < 1.29 is 5.11 Å². The van der Waals surface area contributed by atoms with Crippen molar-refractivity contribution in [2.75, 3.05) is 6.54 Å². The molecular formula is C14H20ClNO. The number of hydrogen-bond acceptors (Lipinski definition) is 2. The van der Waals surface area contributed by atoms with Gasteiger partial charge in [-0.1, -0.05) is 23.7 Å². The highest BCUT2D eigenvalue weighted by Gasteiger charge is 2.22. The quantitative estimate of drug-likeness (QED) is 0.864. The molecule has 0 amide bonds. The van der Waals surface area contributed by atoms with Crippen LogP contribution in [0.2, 0.25) is 5.02 Å². The largest absolute Gasteiger partial charge is 0.393 e. The van der Waals surface area contributed by atoms with Crippen LogP contribution < -0.4 is 5.32 Å². The molecule has 3 unspecified atom stereocenters. The lowest BCUT2D eigenvalue weighted by molar-refractivity contribution is 0.177. The molecule has 2 rings (SSSR count). The molecule has 94 valence electrons. The molecule has 17 heavy (non-hydrogen) atoms. The van der Waals surface area contributed by atoms with Crippen LogP contribution in [0.25, 0.3) is 0 Å². The smallest absolute Gasteiger partial charge is 0.0543 e. The molecule has 0 bridgehead atoms. The predicted octanol–water partition coefficient (Wildman–Crippen LogP) is 3.15. The topological polar surface area (TPSA) is 32.3 Å². The van der Waals surface area contributed by atoms with Crippen LogP contribution in [0.1, 0.15) is 37.8 Å². The second-order valence-electron chi connectivity index (χ2n) is 5.02. The number of nitrogens with one attached hydrogen (secondary N) is 1. The Morgan fingerprint density at radius 2 is 2.29 bits per heavy atom. The minimum absolute atomic E-state index is 0.0803. The van der Waals surface area contributed by atoms with E-state index in [9.17, 15) is 5.11 Å². The van der Waals surface area contributed by atoms with Crippen molar-refractivity contribution in [2.24, 2.45) is 5.92 Å². The van der Waals surface area contributed by atoms with Gasteiger partial charge in [-0.3, -0.25) is 0 Å². The van der Waals surface area contributed by atoms with Crippen molar-refractivity contribution in [3.63, 3.8) is 0 Å². The highest BCUT2D eigenvalue weighted by Crippen LogP contribution is 2.25. The molecule has 1 aliphatic rings. The maximum Gasteiger partial charge on any atom is 0.0543 e. The summed E-state index contributed by atoms with van der Waals surface area (Å²) in [6.07, 6.45) is 2.95. The molecule has 0 spiro atoms. The lowest BCUT2D eigenvalue weighted by atomic mass is 10.1. The lowest BCUT2D eigenvalue weighted by Gasteiger charge is -2.17. The average Bonchev–Trinajstić information content (AvgIpc) is 2.72. The lowest BCUT2D eigenvalue weighted by Crippen LogP contribution is -2.25. The van der Waals surface area contributed by atoms with Crippen molar-refractivity contribution in [1.29, 1.82) is 0 Å². The third-order valence-electron chi connectivity index (χ3n) is 3.57. The third-order valence-corrected chi connectivity index (χ3v) is 3.81. The number of aliphatic hydroxyl groups excluding tert-OH is 1.